The SMILES string of the molecule is CCC1CC2CCCC(C2)C1NC(=O)Cn1cccc(NC(=O)[C@H](CCC(=O)C(=O)NC2CC2)NC(=O)c2cc3ccccc3o2)c1=O.[HH].[HH].[HH].[HH]. The Balaban J connectivity index is 0.00000234. The number of aromatic nitrogens is 1. The topological polar surface area (TPSA) is 169 Å². The van der Waals surface area contributed by atoms with Gasteiger partial charge in [0.25, 0.3) is 17.4 Å². The summed E-state index contributed by atoms with van der Waals surface area (Å²) in [6.07, 6.45) is 9.40. The van der Waals surface area contributed by atoms with E-state index < -0.39 is 35.1 Å². The Morgan fingerprint density at radius 2 is 1.81 bits per heavy atom. The van der Waals surface area contributed by atoms with Crippen LogP contribution in [0.2, 0.25) is 0 Å². The predicted octanol–water partition coefficient (Wildman–Crippen LogP) is 4.66. The first-order chi connectivity index (χ1) is 23.2. The maximum absolute atomic E-state index is 13.5. The minimum absolute atomic E-state index is 0. The lowest BCUT2D eigenvalue weighted by atomic mass is 9.64. The molecule has 2 heterocycles. The molecule has 1 aromatic carbocycles. The van der Waals surface area contributed by atoms with Gasteiger partial charge in [-0.15, -0.1) is 0 Å². The van der Waals surface area contributed by atoms with Crippen LogP contribution in [0.3, 0.4) is 0 Å². The first kappa shape index (κ1) is 33.2. The number of anilines is 1. The van der Waals surface area contributed by atoms with Gasteiger partial charge in [-0.1, -0.05) is 44.4 Å². The van der Waals surface area contributed by atoms with Crippen LogP contribution < -0.4 is 26.8 Å². The van der Waals surface area contributed by atoms with Crippen LogP contribution in [0.4, 0.5) is 5.69 Å². The smallest absolute Gasteiger partial charge is 0.287 e. The summed E-state index contributed by atoms with van der Waals surface area (Å²) < 4.78 is 6.88. The molecular weight excluding hydrogens is 614 g/mol. The van der Waals surface area contributed by atoms with Crippen molar-refractivity contribution in [3.05, 3.63) is 64.8 Å². The number of nitrogens with zero attached hydrogens (tertiary/aromatic N) is 1. The molecule has 3 fully saturated rings. The van der Waals surface area contributed by atoms with Crippen LogP contribution in [0, 0.1) is 17.8 Å². The van der Waals surface area contributed by atoms with Gasteiger partial charge < -0.3 is 30.3 Å². The fourth-order valence-electron chi connectivity index (χ4n) is 7.33. The molecule has 2 bridgehead atoms. The summed E-state index contributed by atoms with van der Waals surface area (Å²) in [5, 5.41) is 11.7. The maximum Gasteiger partial charge on any atom is 0.287 e. The predicted molar refractivity (Wildman–Crippen MR) is 186 cm³/mol. The highest BCUT2D eigenvalue weighted by Crippen LogP contribution is 2.43. The third-order valence-corrected chi connectivity index (χ3v) is 10.0. The van der Waals surface area contributed by atoms with Crippen LogP contribution in [0.5, 0.6) is 0 Å². The zero-order valence-electron chi connectivity index (χ0n) is 27.2. The number of benzene rings is 1. The van der Waals surface area contributed by atoms with Crippen molar-refractivity contribution in [3.63, 3.8) is 0 Å². The Labute approximate surface area is 284 Å². The molecule has 0 aliphatic heterocycles. The number of rotatable bonds is 13. The van der Waals surface area contributed by atoms with Gasteiger partial charge in [-0.2, -0.15) is 0 Å². The Bertz CT molecular complexity index is 1740. The monoisotopic (exact) mass is 665 g/mol. The Morgan fingerprint density at radius 3 is 2.58 bits per heavy atom. The fraction of sp³-hybridized carbons (Fsp3) is 0.500. The maximum atomic E-state index is 13.5. The summed E-state index contributed by atoms with van der Waals surface area (Å²) in [4.78, 5) is 78.1. The molecule has 0 radical (unpaired) electrons. The molecule has 2 aromatic heterocycles. The number of Topliss-reactive ketones (excluding diaryl/α,β-unsaturated/α-hetero) is 1. The van der Waals surface area contributed by atoms with Gasteiger partial charge in [0.05, 0.1) is 0 Å². The summed E-state index contributed by atoms with van der Waals surface area (Å²) in [5.74, 6) is -1.58. The second kappa shape index (κ2) is 14.6. The summed E-state index contributed by atoms with van der Waals surface area (Å²) in [6.45, 7) is 1.95. The quantitative estimate of drug-likeness (QED) is 0.193. The molecule has 4 unspecified atom stereocenters. The van der Waals surface area contributed by atoms with E-state index in [4.69, 9.17) is 4.42 Å². The molecule has 48 heavy (non-hydrogen) atoms. The molecule has 3 aromatic rings. The fourth-order valence-corrected chi connectivity index (χ4v) is 7.33. The Morgan fingerprint density at radius 1 is 1.00 bits per heavy atom. The molecule has 3 saturated carbocycles. The van der Waals surface area contributed by atoms with Gasteiger partial charge in [0.15, 0.2) is 5.76 Å². The molecule has 3 aliphatic carbocycles. The van der Waals surface area contributed by atoms with Crippen molar-refractivity contribution in [1.82, 2.24) is 20.5 Å². The van der Waals surface area contributed by atoms with Gasteiger partial charge in [0.2, 0.25) is 17.6 Å². The molecule has 12 nitrogen and oxygen atoms in total. The van der Waals surface area contributed by atoms with E-state index in [1.54, 1.807) is 30.3 Å². The van der Waals surface area contributed by atoms with Crippen LogP contribution in [0.15, 0.2) is 57.9 Å². The first-order valence-electron chi connectivity index (χ1n) is 17.1. The average molecular weight is 666 g/mol. The van der Waals surface area contributed by atoms with Crippen molar-refractivity contribution in [1.29, 1.82) is 0 Å². The van der Waals surface area contributed by atoms with Crippen molar-refractivity contribution >= 4 is 46.1 Å². The van der Waals surface area contributed by atoms with Crippen molar-refractivity contribution in [2.24, 2.45) is 17.8 Å². The molecule has 0 spiro atoms. The lowest BCUT2D eigenvalue weighted by Crippen LogP contribution is -2.51. The molecular formula is C36H51N5O7. The molecule has 4 N–H and O–H groups in total. The summed E-state index contributed by atoms with van der Waals surface area (Å²) in [7, 11) is 0. The number of amides is 4. The number of furan rings is 1. The third kappa shape index (κ3) is 7.86. The van der Waals surface area contributed by atoms with E-state index in [0.717, 1.165) is 44.4 Å². The Kier molecular flexibility index (Phi) is 10.1. The van der Waals surface area contributed by atoms with Gasteiger partial charge in [0.1, 0.15) is 23.9 Å². The molecule has 3 aliphatic rings. The highest BCUT2D eigenvalue weighted by atomic mass is 16.3. The van der Waals surface area contributed by atoms with Crippen LogP contribution in [-0.4, -0.2) is 52.1 Å². The van der Waals surface area contributed by atoms with E-state index in [1.165, 1.54) is 35.7 Å². The number of ketones is 1. The normalized spacial score (nSPS) is 22.4. The minimum atomic E-state index is -1.28. The lowest BCUT2D eigenvalue weighted by Gasteiger charge is -2.45. The van der Waals surface area contributed by atoms with Gasteiger partial charge >= 0.3 is 0 Å². The molecule has 4 amide bonds. The van der Waals surface area contributed by atoms with Crippen LogP contribution in [-0.2, 0) is 25.7 Å². The van der Waals surface area contributed by atoms with E-state index in [-0.39, 0.29) is 54.5 Å². The lowest BCUT2D eigenvalue weighted by molar-refractivity contribution is -0.138. The van der Waals surface area contributed by atoms with Crippen molar-refractivity contribution in [3.8, 4) is 0 Å². The zero-order chi connectivity index (χ0) is 33.8. The number of carbonyl (C=O) groups is 5. The molecule has 0 saturated heterocycles. The van der Waals surface area contributed by atoms with E-state index in [9.17, 15) is 28.8 Å². The highest BCUT2D eigenvalue weighted by molar-refractivity contribution is 6.36. The number of hydrogen-bond donors (Lipinski definition) is 4. The van der Waals surface area contributed by atoms with Crippen LogP contribution in [0.1, 0.15) is 87.4 Å². The number of pyridine rings is 1. The van der Waals surface area contributed by atoms with E-state index in [0.29, 0.717) is 22.8 Å². The third-order valence-electron chi connectivity index (χ3n) is 10.0. The summed E-state index contributed by atoms with van der Waals surface area (Å²) in [6, 6.07) is 10.4. The van der Waals surface area contributed by atoms with E-state index in [1.807, 2.05) is 0 Å². The molecule has 262 valence electrons. The largest absolute Gasteiger partial charge is 0.451 e. The van der Waals surface area contributed by atoms with Crippen LogP contribution in [0.25, 0.3) is 11.0 Å². The highest BCUT2D eigenvalue weighted by Gasteiger charge is 2.39. The summed E-state index contributed by atoms with van der Waals surface area (Å²) >= 11 is 0. The number of nitrogens with one attached hydrogen (secondary N) is 4. The van der Waals surface area contributed by atoms with Gasteiger partial charge in [0, 0.05) is 35.8 Å². The number of fused-ring (bicyclic) bond motifs is 3. The second-order valence-corrected chi connectivity index (χ2v) is 13.5. The average Bonchev–Trinajstić information content (AvgIpc) is 3.79. The number of hydrogen-bond acceptors (Lipinski definition) is 7. The van der Waals surface area contributed by atoms with Crippen molar-refractivity contribution < 1.29 is 34.1 Å². The molecule has 5 atom stereocenters. The second-order valence-electron chi connectivity index (χ2n) is 13.5. The van der Waals surface area contributed by atoms with E-state index in [2.05, 4.69) is 28.2 Å². The van der Waals surface area contributed by atoms with Gasteiger partial charge in [-0.25, -0.2) is 0 Å². The van der Waals surface area contributed by atoms with E-state index >= 15 is 0 Å². The van der Waals surface area contributed by atoms with Crippen molar-refractivity contribution in [2.45, 2.75) is 95.8 Å². The molecule has 6 rings (SSSR count). The van der Waals surface area contributed by atoms with Crippen molar-refractivity contribution in [2.75, 3.05) is 5.32 Å². The molecule has 12 heteroatoms. The standard InChI is InChI=1S/C36H43N5O7.4H2/c1-2-22-17-21-7-5-9-24(18-21)32(22)40-31(43)20-41-16-6-10-27(36(41)47)39-33(44)26(14-15-28(42)34(45)37-25-12-13-25)38-35(46)30-19-23-8-3-4-11-29(23)48-30;;;;/h3-4,6,8,10-11,16,19,21-22,24-26,32H,2,5,7,9,12-15,17-18,20H2,1H3,(H,37,45)(H,38,46)(H,39,44)(H,40,43);4*1H/t21?,22?,24?,26-,32?;;;;/m0..../s1. The number of para-hydroxylation sites is 1. The minimum Gasteiger partial charge on any atom is -0.451 e. The Hall–Kier alpha value is -4.74. The number of carbonyl (C=O) groups excluding carboxylic acids is 5. The van der Waals surface area contributed by atoms with Gasteiger partial charge in [-0.3, -0.25) is 28.8 Å². The summed E-state index contributed by atoms with van der Waals surface area (Å²) in [5.41, 5.74) is -0.187. The van der Waals surface area contributed by atoms with Gasteiger partial charge in [-0.05, 0) is 80.5 Å². The first-order valence-corrected chi connectivity index (χ1v) is 17.1. The van der Waals surface area contributed by atoms with Crippen LogP contribution >= 0.6 is 0 Å². The zero-order valence-corrected chi connectivity index (χ0v) is 27.2.